The molecular formula is C22H38N4O. The van der Waals surface area contributed by atoms with Crippen LogP contribution in [-0.2, 0) is 4.74 Å². The van der Waals surface area contributed by atoms with E-state index in [4.69, 9.17) is 4.74 Å². The number of rotatable bonds is 6. The van der Waals surface area contributed by atoms with Crippen molar-refractivity contribution in [3.8, 4) is 0 Å². The third-order valence-electron chi connectivity index (χ3n) is 5.32. The number of guanidine groups is 1. The minimum absolute atomic E-state index is 0.160. The van der Waals surface area contributed by atoms with Gasteiger partial charge in [-0.25, -0.2) is 0 Å². The molecule has 0 radical (unpaired) electrons. The largest absolute Gasteiger partial charge is 0.377 e. The highest BCUT2D eigenvalue weighted by atomic mass is 16.5. The Morgan fingerprint density at radius 1 is 1.22 bits per heavy atom. The predicted molar refractivity (Wildman–Crippen MR) is 114 cm³/mol. The molecule has 5 heteroatoms. The van der Waals surface area contributed by atoms with E-state index in [2.05, 4.69) is 85.7 Å². The van der Waals surface area contributed by atoms with E-state index in [0.29, 0.717) is 12.0 Å². The Balaban J connectivity index is 1.91. The van der Waals surface area contributed by atoms with Crippen molar-refractivity contribution in [3.63, 3.8) is 0 Å². The lowest BCUT2D eigenvalue weighted by molar-refractivity contribution is -0.0835. The van der Waals surface area contributed by atoms with E-state index in [0.717, 1.165) is 32.1 Å². The average Bonchev–Trinajstić information content (AvgIpc) is 2.64. The summed E-state index contributed by atoms with van der Waals surface area (Å²) in [6.45, 7) is 9.38. The summed E-state index contributed by atoms with van der Waals surface area (Å²) in [6, 6.07) is 10.9. The first-order valence-electron chi connectivity index (χ1n) is 10.1. The Kier molecular flexibility index (Phi) is 8.11. The molecule has 27 heavy (non-hydrogen) atoms. The van der Waals surface area contributed by atoms with Crippen LogP contribution < -0.4 is 10.6 Å². The molecule has 0 aliphatic carbocycles. The van der Waals surface area contributed by atoms with Gasteiger partial charge >= 0.3 is 0 Å². The number of likely N-dealkylation sites (N-methyl/N-ethyl adjacent to an activating group) is 1. The van der Waals surface area contributed by atoms with E-state index in [-0.39, 0.29) is 11.5 Å². The van der Waals surface area contributed by atoms with E-state index >= 15 is 0 Å². The van der Waals surface area contributed by atoms with Crippen molar-refractivity contribution in [1.29, 1.82) is 0 Å². The molecule has 1 fully saturated rings. The zero-order chi connectivity index (χ0) is 19.9. The van der Waals surface area contributed by atoms with E-state index < -0.39 is 0 Å². The first kappa shape index (κ1) is 21.7. The second-order valence-corrected chi connectivity index (χ2v) is 8.78. The maximum Gasteiger partial charge on any atom is 0.191 e. The SMILES string of the molecule is CN=C(NCC1CCCOC1C(C)(C)C)NCC(c1ccccc1)N(C)C. The molecule has 1 heterocycles. The minimum Gasteiger partial charge on any atom is -0.377 e. The summed E-state index contributed by atoms with van der Waals surface area (Å²) in [4.78, 5) is 6.66. The fourth-order valence-corrected chi connectivity index (χ4v) is 3.92. The maximum absolute atomic E-state index is 6.10. The summed E-state index contributed by atoms with van der Waals surface area (Å²) < 4.78 is 6.10. The lowest BCUT2D eigenvalue weighted by Crippen LogP contribution is -2.48. The van der Waals surface area contributed by atoms with Crippen molar-refractivity contribution in [2.75, 3.05) is 40.8 Å². The second-order valence-electron chi connectivity index (χ2n) is 8.78. The molecule has 0 saturated carbocycles. The van der Waals surface area contributed by atoms with Gasteiger partial charge in [0.1, 0.15) is 0 Å². The molecule has 0 aromatic heterocycles. The van der Waals surface area contributed by atoms with Gasteiger partial charge in [0.05, 0.1) is 12.1 Å². The number of hydrogen-bond acceptors (Lipinski definition) is 3. The van der Waals surface area contributed by atoms with Crippen molar-refractivity contribution < 1.29 is 4.74 Å². The van der Waals surface area contributed by atoms with Crippen molar-refractivity contribution in [2.45, 2.75) is 45.8 Å². The first-order chi connectivity index (χ1) is 12.8. The molecule has 152 valence electrons. The molecule has 0 bridgehead atoms. The van der Waals surface area contributed by atoms with Crippen LogP contribution in [0.15, 0.2) is 35.3 Å². The summed E-state index contributed by atoms with van der Waals surface area (Å²) in [5, 5.41) is 7.03. The van der Waals surface area contributed by atoms with Gasteiger partial charge in [-0.2, -0.15) is 0 Å². The average molecular weight is 375 g/mol. The number of hydrogen-bond donors (Lipinski definition) is 2. The molecule has 1 aliphatic rings. The molecule has 1 aromatic rings. The summed E-state index contributed by atoms with van der Waals surface area (Å²) in [6.07, 6.45) is 2.63. The standard InChI is InChI=1S/C22H38N4O/c1-22(2,3)20-18(13-10-14-27-20)15-24-21(23-4)25-16-19(26(5)6)17-11-8-7-9-12-17/h7-9,11-12,18-20H,10,13-16H2,1-6H3,(H2,23,24,25). The molecule has 2 rings (SSSR count). The van der Waals surface area contributed by atoms with Crippen LogP contribution in [0.1, 0.15) is 45.2 Å². The zero-order valence-electron chi connectivity index (χ0n) is 18.0. The first-order valence-corrected chi connectivity index (χ1v) is 10.1. The molecule has 3 unspecified atom stereocenters. The lowest BCUT2D eigenvalue weighted by atomic mass is 9.78. The molecule has 1 aliphatic heterocycles. The Morgan fingerprint density at radius 2 is 1.93 bits per heavy atom. The van der Waals surface area contributed by atoms with E-state index in [9.17, 15) is 0 Å². The van der Waals surface area contributed by atoms with Gasteiger partial charge in [0.25, 0.3) is 0 Å². The van der Waals surface area contributed by atoms with Gasteiger partial charge in [0.15, 0.2) is 5.96 Å². The molecular weight excluding hydrogens is 336 g/mol. The fourth-order valence-electron chi connectivity index (χ4n) is 3.92. The topological polar surface area (TPSA) is 48.9 Å². The number of nitrogens with zero attached hydrogens (tertiary/aromatic N) is 2. The smallest absolute Gasteiger partial charge is 0.191 e. The summed E-state index contributed by atoms with van der Waals surface area (Å²) in [5.74, 6) is 1.37. The van der Waals surface area contributed by atoms with Gasteiger partial charge < -0.3 is 20.3 Å². The van der Waals surface area contributed by atoms with Crippen LogP contribution in [-0.4, -0.2) is 57.8 Å². The molecule has 5 nitrogen and oxygen atoms in total. The van der Waals surface area contributed by atoms with Gasteiger partial charge in [0.2, 0.25) is 0 Å². The van der Waals surface area contributed by atoms with Gasteiger partial charge in [-0.1, -0.05) is 51.1 Å². The molecule has 0 spiro atoms. The predicted octanol–water partition coefficient (Wildman–Crippen LogP) is 3.30. The molecule has 1 aromatic carbocycles. The summed E-state index contributed by atoms with van der Waals surface area (Å²) in [5.41, 5.74) is 1.46. The van der Waals surface area contributed by atoms with Gasteiger partial charge in [-0.3, -0.25) is 4.99 Å². The number of aliphatic imine (C=N–C) groups is 1. The highest BCUT2D eigenvalue weighted by Crippen LogP contribution is 2.33. The number of ether oxygens (including phenoxy) is 1. The normalized spacial score (nSPS) is 22.6. The highest BCUT2D eigenvalue weighted by Gasteiger charge is 2.35. The monoisotopic (exact) mass is 374 g/mol. The summed E-state index contributed by atoms with van der Waals surface area (Å²) >= 11 is 0. The van der Waals surface area contributed by atoms with Crippen LogP contribution in [0.4, 0.5) is 0 Å². The third-order valence-corrected chi connectivity index (χ3v) is 5.32. The van der Waals surface area contributed by atoms with Crippen LogP contribution in [0.3, 0.4) is 0 Å². The Bertz CT molecular complexity index is 580. The number of nitrogens with one attached hydrogen (secondary N) is 2. The Hall–Kier alpha value is -1.59. The van der Waals surface area contributed by atoms with E-state index in [1.54, 1.807) is 0 Å². The van der Waals surface area contributed by atoms with Crippen LogP contribution >= 0.6 is 0 Å². The zero-order valence-corrected chi connectivity index (χ0v) is 18.0. The highest BCUT2D eigenvalue weighted by molar-refractivity contribution is 5.79. The quantitative estimate of drug-likeness (QED) is 0.593. The van der Waals surface area contributed by atoms with Crippen molar-refractivity contribution in [3.05, 3.63) is 35.9 Å². The van der Waals surface area contributed by atoms with Crippen LogP contribution in [0.2, 0.25) is 0 Å². The van der Waals surface area contributed by atoms with Gasteiger partial charge in [0, 0.05) is 32.7 Å². The Labute approximate surface area is 165 Å². The third kappa shape index (κ3) is 6.51. The lowest BCUT2D eigenvalue weighted by Gasteiger charge is -2.40. The Morgan fingerprint density at radius 3 is 2.52 bits per heavy atom. The van der Waals surface area contributed by atoms with Crippen LogP contribution in [0.5, 0.6) is 0 Å². The molecule has 3 atom stereocenters. The van der Waals surface area contributed by atoms with Crippen molar-refractivity contribution in [1.82, 2.24) is 15.5 Å². The molecule has 0 amide bonds. The second kappa shape index (κ2) is 10.1. The maximum atomic E-state index is 6.10. The molecule has 2 N–H and O–H groups in total. The van der Waals surface area contributed by atoms with E-state index in [1.807, 2.05) is 7.05 Å². The van der Waals surface area contributed by atoms with Crippen molar-refractivity contribution >= 4 is 5.96 Å². The van der Waals surface area contributed by atoms with E-state index in [1.165, 1.54) is 12.0 Å². The number of benzene rings is 1. The minimum atomic E-state index is 0.160. The fraction of sp³-hybridized carbons (Fsp3) is 0.682. The molecule has 1 saturated heterocycles. The van der Waals surface area contributed by atoms with Crippen molar-refractivity contribution in [2.24, 2.45) is 16.3 Å². The van der Waals surface area contributed by atoms with Crippen LogP contribution in [0.25, 0.3) is 0 Å². The van der Waals surface area contributed by atoms with Gasteiger partial charge in [-0.05, 0) is 37.9 Å². The summed E-state index contributed by atoms with van der Waals surface area (Å²) in [7, 11) is 6.06. The van der Waals surface area contributed by atoms with Crippen LogP contribution in [0, 0.1) is 11.3 Å². The van der Waals surface area contributed by atoms with Gasteiger partial charge in [-0.15, -0.1) is 0 Å².